The fraction of sp³-hybridized carbons (Fsp3) is 0.150. The van der Waals surface area contributed by atoms with E-state index in [0.29, 0.717) is 17.5 Å². The Bertz CT molecular complexity index is 1060. The summed E-state index contributed by atoms with van der Waals surface area (Å²) in [5.41, 5.74) is 1.39. The second-order valence-electron chi connectivity index (χ2n) is 5.95. The molecule has 1 amide bonds. The van der Waals surface area contributed by atoms with Crippen LogP contribution in [0.15, 0.2) is 71.3 Å². The molecule has 0 saturated carbocycles. The van der Waals surface area contributed by atoms with Crippen LogP contribution in [0.5, 0.6) is 5.75 Å². The number of amidine groups is 1. The zero-order chi connectivity index (χ0) is 18.8. The van der Waals surface area contributed by atoms with Gasteiger partial charge in [-0.25, -0.2) is 5.01 Å². The molecule has 0 saturated heterocycles. The molecule has 2 heterocycles. The molecule has 4 rings (SSSR count). The van der Waals surface area contributed by atoms with Crippen molar-refractivity contribution < 1.29 is 9.53 Å². The predicted octanol–water partition coefficient (Wildman–Crippen LogP) is 1.76. The van der Waals surface area contributed by atoms with Crippen LogP contribution in [0.4, 0.5) is 0 Å². The van der Waals surface area contributed by atoms with Gasteiger partial charge in [0.05, 0.1) is 5.36 Å². The van der Waals surface area contributed by atoms with Gasteiger partial charge in [-0.2, -0.15) is 0 Å². The number of benzene rings is 2. The highest BCUT2D eigenvalue weighted by atomic mass is 32.2. The van der Waals surface area contributed by atoms with E-state index in [1.807, 2.05) is 54.8 Å². The van der Waals surface area contributed by atoms with E-state index in [2.05, 4.69) is 17.0 Å². The molecule has 0 fully saturated rings. The molecule has 0 aromatic heterocycles. The van der Waals surface area contributed by atoms with Crippen LogP contribution >= 0.6 is 11.8 Å². The van der Waals surface area contributed by atoms with Gasteiger partial charge in [-0.1, -0.05) is 54.7 Å². The van der Waals surface area contributed by atoms with Gasteiger partial charge in [0, 0.05) is 10.8 Å². The number of ether oxygens (including phenoxy) is 1. The Hall–Kier alpha value is -3.06. The summed E-state index contributed by atoms with van der Waals surface area (Å²) in [5, 5.41) is 11.2. The Labute approximate surface area is 160 Å². The van der Waals surface area contributed by atoms with E-state index >= 15 is 0 Å². The van der Waals surface area contributed by atoms with Crippen LogP contribution < -0.4 is 20.6 Å². The second-order valence-corrected chi connectivity index (χ2v) is 6.74. The molecular weight excluding hydrogens is 360 g/mol. The Kier molecular flexibility index (Phi) is 4.68. The SMILES string of the molecule is C=CCOc1cccc(C2N=c3ccccc3=C3C(=O)NC(SC)=NN32)c1. The van der Waals surface area contributed by atoms with Crippen molar-refractivity contribution in [3.8, 4) is 5.75 Å². The average molecular weight is 378 g/mol. The maximum absolute atomic E-state index is 12.8. The van der Waals surface area contributed by atoms with E-state index in [0.717, 1.165) is 21.9 Å². The van der Waals surface area contributed by atoms with Crippen molar-refractivity contribution in [2.75, 3.05) is 12.9 Å². The van der Waals surface area contributed by atoms with E-state index in [-0.39, 0.29) is 5.91 Å². The van der Waals surface area contributed by atoms with Gasteiger partial charge in [-0.3, -0.25) is 15.1 Å². The summed E-state index contributed by atoms with van der Waals surface area (Å²) in [6.45, 7) is 4.10. The van der Waals surface area contributed by atoms with E-state index < -0.39 is 6.17 Å². The van der Waals surface area contributed by atoms with Gasteiger partial charge in [0.1, 0.15) is 18.1 Å². The number of para-hydroxylation sites is 1. The molecule has 1 N–H and O–H groups in total. The number of amides is 1. The van der Waals surface area contributed by atoms with Gasteiger partial charge in [-0.15, -0.1) is 5.10 Å². The number of nitrogens with zero attached hydrogens (tertiary/aromatic N) is 3. The van der Waals surface area contributed by atoms with Gasteiger partial charge in [-0.05, 0) is 24.5 Å². The normalized spacial score (nSPS) is 17.9. The minimum atomic E-state index is -0.449. The minimum absolute atomic E-state index is 0.180. The zero-order valence-corrected chi connectivity index (χ0v) is 15.6. The highest BCUT2D eigenvalue weighted by molar-refractivity contribution is 8.13. The van der Waals surface area contributed by atoms with Crippen LogP contribution in [0.1, 0.15) is 11.7 Å². The van der Waals surface area contributed by atoms with Crippen molar-refractivity contribution in [3.63, 3.8) is 0 Å². The number of thioether (sulfide) groups is 1. The molecule has 6 nitrogen and oxygen atoms in total. The molecule has 0 radical (unpaired) electrons. The van der Waals surface area contributed by atoms with Crippen LogP contribution in [0.25, 0.3) is 5.70 Å². The highest BCUT2D eigenvalue weighted by Crippen LogP contribution is 2.31. The average Bonchev–Trinajstić information content (AvgIpc) is 2.71. The fourth-order valence-corrected chi connectivity index (χ4v) is 3.42. The van der Waals surface area contributed by atoms with Crippen molar-refractivity contribution >= 4 is 28.5 Å². The zero-order valence-electron chi connectivity index (χ0n) is 14.8. The first kappa shape index (κ1) is 17.4. The first-order chi connectivity index (χ1) is 13.2. The molecule has 2 aliphatic heterocycles. The minimum Gasteiger partial charge on any atom is -0.490 e. The third-order valence-electron chi connectivity index (χ3n) is 4.23. The van der Waals surface area contributed by atoms with E-state index in [9.17, 15) is 4.79 Å². The van der Waals surface area contributed by atoms with E-state index in [4.69, 9.17) is 9.73 Å². The van der Waals surface area contributed by atoms with Gasteiger partial charge in [0.2, 0.25) is 0 Å². The van der Waals surface area contributed by atoms with Crippen LogP contribution in [0.2, 0.25) is 0 Å². The molecule has 1 atom stereocenters. The number of nitrogens with one attached hydrogen (secondary N) is 1. The van der Waals surface area contributed by atoms with Gasteiger partial charge >= 0.3 is 0 Å². The smallest absolute Gasteiger partial charge is 0.276 e. The first-order valence-electron chi connectivity index (χ1n) is 8.45. The van der Waals surface area contributed by atoms with Crippen molar-refractivity contribution in [3.05, 3.63) is 77.3 Å². The lowest BCUT2D eigenvalue weighted by molar-refractivity contribution is -0.116. The Morgan fingerprint density at radius 3 is 2.96 bits per heavy atom. The molecule has 2 aromatic carbocycles. The largest absolute Gasteiger partial charge is 0.490 e. The Morgan fingerprint density at radius 2 is 2.15 bits per heavy atom. The number of hydrogen-bond acceptors (Lipinski definition) is 6. The number of fused-ring (bicyclic) bond motifs is 2. The van der Waals surface area contributed by atoms with Gasteiger partial charge in [0.25, 0.3) is 5.91 Å². The topological polar surface area (TPSA) is 66.3 Å². The number of carbonyl (C=O) groups is 1. The lowest BCUT2D eigenvalue weighted by Gasteiger charge is -2.34. The quantitative estimate of drug-likeness (QED) is 0.824. The van der Waals surface area contributed by atoms with Crippen molar-refractivity contribution in [1.82, 2.24) is 10.3 Å². The molecule has 0 aliphatic carbocycles. The third kappa shape index (κ3) is 3.21. The maximum Gasteiger partial charge on any atom is 0.276 e. The first-order valence-corrected chi connectivity index (χ1v) is 9.68. The predicted molar refractivity (Wildman–Crippen MR) is 106 cm³/mol. The van der Waals surface area contributed by atoms with Crippen LogP contribution in [-0.2, 0) is 4.79 Å². The molecule has 0 bridgehead atoms. The van der Waals surface area contributed by atoms with Crippen LogP contribution in [0.3, 0.4) is 0 Å². The molecule has 0 spiro atoms. The summed E-state index contributed by atoms with van der Waals surface area (Å²) in [6.07, 6.45) is 3.12. The highest BCUT2D eigenvalue weighted by Gasteiger charge is 2.34. The second kappa shape index (κ2) is 7.28. The number of hydrogen-bond donors (Lipinski definition) is 1. The van der Waals surface area contributed by atoms with Crippen LogP contribution in [0, 0.1) is 0 Å². The lowest BCUT2D eigenvalue weighted by Crippen LogP contribution is -2.50. The monoisotopic (exact) mass is 378 g/mol. The van der Waals surface area contributed by atoms with Crippen molar-refractivity contribution in [2.45, 2.75) is 6.17 Å². The summed E-state index contributed by atoms with van der Waals surface area (Å²) in [5.74, 6) is 0.541. The molecule has 7 heteroatoms. The number of hydrazone groups is 1. The molecular formula is C20H18N4O2S. The third-order valence-corrected chi connectivity index (χ3v) is 4.80. The standard InChI is InChI=1S/C20H18N4O2S/c1-3-11-26-14-8-6-7-13(12-14)18-21-16-10-5-4-9-15(16)17-19(25)22-20(27-2)23-24(17)18/h3-10,12,18H,1,11H2,2H3,(H,22,23,25). The Morgan fingerprint density at radius 1 is 1.30 bits per heavy atom. The summed E-state index contributed by atoms with van der Waals surface area (Å²) in [4.78, 5) is 17.6. The maximum atomic E-state index is 12.8. The molecule has 27 heavy (non-hydrogen) atoms. The summed E-state index contributed by atoms with van der Waals surface area (Å²) >= 11 is 1.38. The molecule has 1 unspecified atom stereocenters. The molecule has 2 aromatic rings. The Balaban J connectivity index is 1.88. The van der Waals surface area contributed by atoms with Gasteiger partial charge in [0.15, 0.2) is 11.3 Å². The lowest BCUT2D eigenvalue weighted by atomic mass is 10.1. The molecule has 136 valence electrons. The van der Waals surface area contributed by atoms with Crippen molar-refractivity contribution in [1.29, 1.82) is 0 Å². The van der Waals surface area contributed by atoms with Crippen molar-refractivity contribution in [2.24, 2.45) is 10.1 Å². The van der Waals surface area contributed by atoms with Crippen LogP contribution in [-0.4, -0.2) is 28.9 Å². The van der Waals surface area contributed by atoms with E-state index in [1.54, 1.807) is 11.1 Å². The number of rotatable bonds is 4. The summed E-state index contributed by atoms with van der Waals surface area (Å²) < 4.78 is 5.65. The summed E-state index contributed by atoms with van der Waals surface area (Å²) in [7, 11) is 0. The summed E-state index contributed by atoms with van der Waals surface area (Å²) in [6, 6.07) is 15.3. The fourth-order valence-electron chi connectivity index (χ4n) is 3.06. The molecule has 2 aliphatic rings. The number of carbonyl (C=O) groups excluding carboxylic acids is 1. The van der Waals surface area contributed by atoms with E-state index in [1.165, 1.54) is 11.8 Å². The van der Waals surface area contributed by atoms with Gasteiger partial charge < -0.3 is 4.74 Å².